The lowest BCUT2D eigenvalue weighted by Gasteiger charge is -2.02. The molecule has 0 aliphatic carbocycles. The molecule has 6 heteroatoms. The van der Waals surface area contributed by atoms with Crippen molar-refractivity contribution in [3.8, 4) is 10.6 Å². The molecule has 2 aromatic rings. The number of sulfonamides is 1. The van der Waals surface area contributed by atoms with Gasteiger partial charge in [-0.05, 0) is 20.3 Å². The van der Waals surface area contributed by atoms with Crippen LogP contribution < -0.4 is 4.72 Å². The van der Waals surface area contributed by atoms with Gasteiger partial charge in [0.1, 0.15) is 5.01 Å². The third-order valence-corrected chi connectivity index (χ3v) is 5.64. The Balaban J connectivity index is 2.05. The fraction of sp³-hybridized carbons (Fsp3) is 0.357. The summed E-state index contributed by atoms with van der Waals surface area (Å²) in [4.78, 5) is 5.68. The van der Waals surface area contributed by atoms with Crippen molar-refractivity contribution in [2.45, 2.75) is 20.3 Å². The van der Waals surface area contributed by atoms with E-state index in [1.165, 1.54) is 0 Å². The molecule has 0 saturated heterocycles. The molecule has 1 aromatic heterocycles. The van der Waals surface area contributed by atoms with Gasteiger partial charge >= 0.3 is 0 Å². The predicted octanol–water partition coefficient (Wildman–Crippen LogP) is 2.60. The van der Waals surface area contributed by atoms with Gasteiger partial charge in [-0.3, -0.25) is 0 Å². The summed E-state index contributed by atoms with van der Waals surface area (Å²) in [7, 11) is -3.11. The van der Waals surface area contributed by atoms with E-state index in [0.717, 1.165) is 21.1 Å². The number of thiazole rings is 1. The first-order chi connectivity index (χ1) is 9.52. The van der Waals surface area contributed by atoms with Crippen LogP contribution in [0.3, 0.4) is 0 Å². The number of hydrogen-bond acceptors (Lipinski definition) is 4. The van der Waals surface area contributed by atoms with Crippen LogP contribution in [0.25, 0.3) is 10.6 Å². The average molecular weight is 310 g/mol. The first-order valence-electron chi connectivity index (χ1n) is 6.51. The van der Waals surface area contributed by atoms with Crippen molar-refractivity contribution in [2.75, 3.05) is 12.3 Å². The van der Waals surface area contributed by atoms with E-state index in [0.29, 0.717) is 13.0 Å². The highest BCUT2D eigenvalue weighted by Gasteiger charge is 2.11. The van der Waals surface area contributed by atoms with Gasteiger partial charge in [-0.15, -0.1) is 11.3 Å². The minimum absolute atomic E-state index is 0.115. The first-order valence-corrected chi connectivity index (χ1v) is 8.98. The van der Waals surface area contributed by atoms with Gasteiger partial charge in [-0.25, -0.2) is 18.1 Å². The van der Waals surface area contributed by atoms with Crippen molar-refractivity contribution in [2.24, 2.45) is 0 Å². The average Bonchev–Trinajstić information content (AvgIpc) is 2.81. The summed E-state index contributed by atoms with van der Waals surface area (Å²) in [6.07, 6.45) is 0.676. The molecule has 0 bridgehead atoms. The van der Waals surface area contributed by atoms with Crippen LogP contribution in [-0.4, -0.2) is 25.7 Å². The molecule has 0 amide bonds. The maximum absolute atomic E-state index is 11.4. The van der Waals surface area contributed by atoms with Crippen LogP contribution in [0, 0.1) is 6.92 Å². The van der Waals surface area contributed by atoms with E-state index in [1.54, 1.807) is 18.3 Å². The summed E-state index contributed by atoms with van der Waals surface area (Å²) in [6.45, 7) is 4.02. The van der Waals surface area contributed by atoms with Crippen LogP contribution in [0.15, 0.2) is 30.3 Å². The van der Waals surface area contributed by atoms with E-state index in [9.17, 15) is 8.42 Å². The first kappa shape index (κ1) is 15.2. The molecule has 0 aliphatic rings. The molecular weight excluding hydrogens is 292 g/mol. The Morgan fingerprint density at radius 3 is 2.60 bits per heavy atom. The second-order valence-corrected chi connectivity index (χ2v) is 7.62. The highest BCUT2D eigenvalue weighted by molar-refractivity contribution is 7.89. The second kappa shape index (κ2) is 6.47. The van der Waals surface area contributed by atoms with Crippen molar-refractivity contribution >= 4 is 21.4 Å². The van der Waals surface area contributed by atoms with Crippen LogP contribution in [0.1, 0.15) is 17.5 Å². The smallest absolute Gasteiger partial charge is 0.211 e. The Hall–Kier alpha value is -1.24. The Kier molecular flexibility index (Phi) is 4.91. The van der Waals surface area contributed by atoms with E-state index in [-0.39, 0.29) is 5.75 Å². The van der Waals surface area contributed by atoms with Gasteiger partial charge in [0, 0.05) is 17.0 Å². The Morgan fingerprint density at radius 2 is 1.95 bits per heavy atom. The number of rotatable bonds is 6. The zero-order chi connectivity index (χ0) is 14.6. The van der Waals surface area contributed by atoms with Gasteiger partial charge in [0.05, 0.1) is 11.4 Å². The lowest BCUT2D eigenvalue weighted by atomic mass is 10.2. The Bertz CT molecular complexity index is 664. The number of hydrogen-bond donors (Lipinski definition) is 1. The van der Waals surface area contributed by atoms with Crippen molar-refractivity contribution in [3.63, 3.8) is 0 Å². The largest absolute Gasteiger partial charge is 0.241 e. The summed E-state index contributed by atoms with van der Waals surface area (Å²) < 4.78 is 25.3. The number of aromatic nitrogens is 1. The maximum atomic E-state index is 11.4. The summed E-state index contributed by atoms with van der Waals surface area (Å²) in [5.74, 6) is 0.115. The third kappa shape index (κ3) is 3.88. The minimum atomic E-state index is -3.11. The number of aryl methyl sites for hydroxylation is 1. The summed E-state index contributed by atoms with van der Waals surface area (Å²) >= 11 is 1.62. The summed E-state index contributed by atoms with van der Waals surface area (Å²) in [5.41, 5.74) is 2.07. The zero-order valence-corrected chi connectivity index (χ0v) is 13.2. The molecule has 20 heavy (non-hydrogen) atoms. The SMILES string of the molecule is CCS(=O)(=O)NCCc1sc(-c2ccccc2)nc1C. The quantitative estimate of drug-likeness (QED) is 0.892. The number of benzene rings is 1. The minimum Gasteiger partial charge on any atom is -0.241 e. The van der Waals surface area contributed by atoms with Crippen LogP contribution in [0.4, 0.5) is 0 Å². The maximum Gasteiger partial charge on any atom is 0.211 e. The zero-order valence-electron chi connectivity index (χ0n) is 11.6. The standard InChI is InChI=1S/C14H18N2O2S2/c1-3-20(17,18)15-10-9-13-11(2)16-14(19-13)12-7-5-4-6-8-12/h4-8,15H,3,9-10H2,1-2H3. The van der Waals surface area contributed by atoms with Gasteiger partial charge in [0.25, 0.3) is 0 Å². The molecule has 0 radical (unpaired) electrons. The lowest BCUT2D eigenvalue weighted by Crippen LogP contribution is -2.27. The van der Waals surface area contributed by atoms with Gasteiger partial charge in [-0.1, -0.05) is 30.3 Å². The molecule has 0 aliphatic heterocycles. The van der Waals surface area contributed by atoms with E-state index >= 15 is 0 Å². The fourth-order valence-electron chi connectivity index (χ4n) is 1.79. The number of nitrogens with one attached hydrogen (secondary N) is 1. The molecule has 4 nitrogen and oxygen atoms in total. The summed E-state index contributed by atoms with van der Waals surface area (Å²) in [6, 6.07) is 10.0. The molecule has 108 valence electrons. The molecule has 0 spiro atoms. The van der Waals surface area contributed by atoms with Crippen molar-refractivity contribution < 1.29 is 8.42 Å². The van der Waals surface area contributed by atoms with Crippen LogP contribution in [-0.2, 0) is 16.4 Å². The fourth-order valence-corrected chi connectivity index (χ4v) is 3.47. The normalized spacial score (nSPS) is 11.7. The van der Waals surface area contributed by atoms with Crippen LogP contribution in [0.2, 0.25) is 0 Å². The molecule has 0 atom stereocenters. The van der Waals surface area contributed by atoms with Crippen LogP contribution >= 0.6 is 11.3 Å². The monoisotopic (exact) mass is 310 g/mol. The van der Waals surface area contributed by atoms with Crippen LogP contribution in [0.5, 0.6) is 0 Å². The van der Waals surface area contributed by atoms with E-state index in [2.05, 4.69) is 9.71 Å². The van der Waals surface area contributed by atoms with Crippen molar-refractivity contribution in [1.82, 2.24) is 9.71 Å². The van der Waals surface area contributed by atoms with Gasteiger partial charge in [0.15, 0.2) is 0 Å². The molecule has 2 rings (SSSR count). The van der Waals surface area contributed by atoms with E-state index < -0.39 is 10.0 Å². The van der Waals surface area contributed by atoms with Gasteiger partial charge < -0.3 is 0 Å². The van der Waals surface area contributed by atoms with Gasteiger partial charge in [0.2, 0.25) is 10.0 Å². The molecule has 0 fully saturated rings. The number of nitrogens with zero attached hydrogens (tertiary/aromatic N) is 1. The Morgan fingerprint density at radius 1 is 1.25 bits per heavy atom. The third-order valence-electron chi connectivity index (χ3n) is 2.97. The van der Waals surface area contributed by atoms with Crippen molar-refractivity contribution in [3.05, 3.63) is 40.9 Å². The molecule has 0 unspecified atom stereocenters. The molecule has 1 N–H and O–H groups in total. The molecule has 0 saturated carbocycles. The van der Waals surface area contributed by atoms with Gasteiger partial charge in [-0.2, -0.15) is 0 Å². The van der Waals surface area contributed by atoms with E-state index in [4.69, 9.17) is 0 Å². The second-order valence-electron chi connectivity index (χ2n) is 4.44. The molecule has 1 aromatic carbocycles. The topological polar surface area (TPSA) is 59.1 Å². The highest BCUT2D eigenvalue weighted by Crippen LogP contribution is 2.27. The van der Waals surface area contributed by atoms with Crippen molar-refractivity contribution in [1.29, 1.82) is 0 Å². The predicted molar refractivity (Wildman–Crippen MR) is 83.5 cm³/mol. The molecular formula is C14H18N2O2S2. The lowest BCUT2D eigenvalue weighted by molar-refractivity contribution is 0.583. The summed E-state index contributed by atoms with van der Waals surface area (Å²) in [5, 5.41) is 0.983. The Labute approximate surface area is 123 Å². The molecule has 1 heterocycles. The van der Waals surface area contributed by atoms with E-state index in [1.807, 2.05) is 37.3 Å². The highest BCUT2D eigenvalue weighted by atomic mass is 32.2.